The van der Waals surface area contributed by atoms with E-state index in [4.69, 9.17) is 9.47 Å². The molecular weight excluding hydrogens is 526 g/mol. The van der Waals surface area contributed by atoms with E-state index in [1.54, 1.807) is 26.0 Å². The van der Waals surface area contributed by atoms with Crippen molar-refractivity contribution in [3.63, 3.8) is 0 Å². The van der Waals surface area contributed by atoms with Crippen molar-refractivity contribution in [3.05, 3.63) is 60.2 Å². The van der Waals surface area contributed by atoms with Gasteiger partial charge in [-0.05, 0) is 50.3 Å². The summed E-state index contributed by atoms with van der Waals surface area (Å²) in [5.74, 6) is -4.92. The number of allylic oxidation sites excluding steroid dienone is 1. The molecule has 1 saturated heterocycles. The fourth-order valence-corrected chi connectivity index (χ4v) is 7.29. The Morgan fingerprint density at radius 1 is 1.00 bits per heavy atom. The molecule has 1 aromatic rings. The molecule has 0 bridgehead atoms. The SMILES string of the molecule is CC(=O)O[C@H]1[C@@H]2C=CC[C@H](C)C(=O)[C@](C)(O)C=C[C@@H](OC(C)=O)[C@]23C(=O)N[C@@H](Cc2ccccc2)[C@@H]3[C@H](C)[C@@]1(C)O. The van der Waals surface area contributed by atoms with Crippen molar-refractivity contribution in [2.24, 2.45) is 29.1 Å². The van der Waals surface area contributed by atoms with Crippen molar-refractivity contribution in [2.75, 3.05) is 0 Å². The number of aliphatic hydroxyl groups is 2. The van der Waals surface area contributed by atoms with Crippen LogP contribution in [0.2, 0.25) is 0 Å². The number of benzene rings is 1. The first-order valence-electron chi connectivity index (χ1n) is 14.2. The van der Waals surface area contributed by atoms with E-state index >= 15 is 0 Å². The van der Waals surface area contributed by atoms with Crippen LogP contribution < -0.4 is 5.32 Å². The van der Waals surface area contributed by atoms with Crippen LogP contribution in [0.25, 0.3) is 0 Å². The first kappa shape index (κ1) is 30.7. The van der Waals surface area contributed by atoms with Crippen molar-refractivity contribution >= 4 is 23.6 Å². The van der Waals surface area contributed by atoms with Crippen LogP contribution in [0.4, 0.5) is 0 Å². The predicted octanol–water partition coefficient (Wildman–Crippen LogP) is 2.68. The minimum atomic E-state index is -1.89. The molecule has 3 aliphatic rings. The van der Waals surface area contributed by atoms with Crippen LogP contribution >= 0.6 is 0 Å². The van der Waals surface area contributed by atoms with Gasteiger partial charge in [0, 0.05) is 37.6 Å². The number of carbonyl (C=O) groups excluding carboxylic acids is 4. The molecule has 0 unspecified atom stereocenters. The van der Waals surface area contributed by atoms with Gasteiger partial charge in [-0.1, -0.05) is 56.3 Å². The molecular formula is C32H41NO8. The third-order valence-electron chi connectivity index (χ3n) is 9.34. The molecule has 1 aromatic carbocycles. The summed E-state index contributed by atoms with van der Waals surface area (Å²) in [5, 5.41) is 26.3. The summed E-state index contributed by atoms with van der Waals surface area (Å²) >= 11 is 0. The van der Waals surface area contributed by atoms with Crippen molar-refractivity contribution in [2.45, 2.75) is 83.8 Å². The Bertz CT molecular complexity index is 1250. The molecule has 3 N–H and O–H groups in total. The van der Waals surface area contributed by atoms with Crippen LogP contribution in [0.3, 0.4) is 0 Å². The van der Waals surface area contributed by atoms with Gasteiger partial charge in [-0.25, -0.2) is 0 Å². The Hall–Kier alpha value is -3.30. The van der Waals surface area contributed by atoms with Crippen LogP contribution in [0.5, 0.6) is 0 Å². The number of nitrogens with one attached hydrogen (secondary N) is 1. The average Bonchev–Trinajstić information content (AvgIpc) is 3.17. The molecule has 0 radical (unpaired) electrons. The van der Waals surface area contributed by atoms with Crippen molar-refractivity contribution < 1.29 is 38.9 Å². The van der Waals surface area contributed by atoms with E-state index in [2.05, 4.69) is 5.32 Å². The normalized spacial score (nSPS) is 40.5. The minimum Gasteiger partial charge on any atom is -0.459 e. The summed E-state index contributed by atoms with van der Waals surface area (Å²) in [5.41, 5.74) is -4.05. The third kappa shape index (κ3) is 5.37. The number of ether oxygens (including phenoxy) is 2. The Morgan fingerprint density at radius 2 is 1.63 bits per heavy atom. The molecule has 222 valence electrons. The first-order chi connectivity index (χ1) is 19.1. The average molecular weight is 568 g/mol. The van der Waals surface area contributed by atoms with Gasteiger partial charge in [0.15, 0.2) is 5.78 Å². The van der Waals surface area contributed by atoms with E-state index in [1.165, 1.54) is 32.9 Å². The molecule has 1 aliphatic heterocycles. The lowest BCUT2D eigenvalue weighted by Crippen LogP contribution is -2.69. The smallest absolute Gasteiger partial charge is 0.303 e. The number of Topliss-reactive ketones (excluding diaryl/α,β-unsaturated/α-hetero) is 1. The summed E-state index contributed by atoms with van der Waals surface area (Å²) in [4.78, 5) is 52.5. The fraction of sp³-hybridized carbons (Fsp3) is 0.562. The van der Waals surface area contributed by atoms with Crippen LogP contribution in [-0.2, 0) is 35.1 Å². The molecule has 10 atom stereocenters. The van der Waals surface area contributed by atoms with E-state index in [0.717, 1.165) is 5.56 Å². The van der Waals surface area contributed by atoms with E-state index in [0.29, 0.717) is 6.42 Å². The second-order valence-corrected chi connectivity index (χ2v) is 12.3. The Morgan fingerprint density at radius 3 is 2.24 bits per heavy atom. The maximum Gasteiger partial charge on any atom is 0.303 e. The predicted molar refractivity (Wildman–Crippen MR) is 150 cm³/mol. The molecule has 9 nitrogen and oxygen atoms in total. The molecule has 1 spiro atoms. The quantitative estimate of drug-likeness (QED) is 0.373. The molecule has 0 aromatic heterocycles. The monoisotopic (exact) mass is 567 g/mol. The van der Waals surface area contributed by atoms with Crippen molar-refractivity contribution in [1.82, 2.24) is 5.32 Å². The third-order valence-corrected chi connectivity index (χ3v) is 9.34. The zero-order valence-electron chi connectivity index (χ0n) is 24.5. The van der Waals surface area contributed by atoms with Crippen molar-refractivity contribution in [1.29, 1.82) is 0 Å². The number of hydrogen-bond acceptors (Lipinski definition) is 8. The number of amides is 1. The van der Waals surface area contributed by atoms with Crippen LogP contribution in [0.15, 0.2) is 54.6 Å². The van der Waals surface area contributed by atoms with Gasteiger partial charge in [0.05, 0.1) is 0 Å². The number of carbonyl (C=O) groups is 4. The number of hydrogen-bond donors (Lipinski definition) is 3. The zero-order valence-corrected chi connectivity index (χ0v) is 24.5. The maximum atomic E-state index is 14.5. The van der Waals surface area contributed by atoms with Crippen LogP contribution in [0, 0.1) is 29.1 Å². The topological polar surface area (TPSA) is 139 Å². The number of ketones is 1. The first-order valence-corrected chi connectivity index (χ1v) is 14.2. The Balaban J connectivity index is 2.02. The molecule has 1 saturated carbocycles. The van der Waals surface area contributed by atoms with Gasteiger partial charge in [0.1, 0.15) is 28.8 Å². The van der Waals surface area contributed by atoms with Gasteiger partial charge in [-0.3, -0.25) is 19.2 Å². The number of rotatable bonds is 4. The van der Waals surface area contributed by atoms with Gasteiger partial charge in [0.25, 0.3) is 0 Å². The van der Waals surface area contributed by atoms with Gasteiger partial charge in [-0.15, -0.1) is 0 Å². The second kappa shape index (κ2) is 11.2. The summed E-state index contributed by atoms with van der Waals surface area (Å²) in [6, 6.07) is 9.14. The van der Waals surface area contributed by atoms with E-state index < -0.39 is 82.2 Å². The fourth-order valence-electron chi connectivity index (χ4n) is 7.29. The molecule has 9 heteroatoms. The highest BCUT2D eigenvalue weighted by atomic mass is 16.6. The van der Waals surface area contributed by atoms with E-state index in [-0.39, 0.29) is 6.42 Å². The lowest BCUT2D eigenvalue weighted by molar-refractivity contribution is -0.228. The highest BCUT2D eigenvalue weighted by Crippen LogP contribution is 2.60. The van der Waals surface area contributed by atoms with Gasteiger partial charge < -0.3 is 25.0 Å². The van der Waals surface area contributed by atoms with E-state index in [1.807, 2.05) is 37.3 Å². The molecule has 41 heavy (non-hydrogen) atoms. The summed E-state index contributed by atoms with van der Waals surface area (Å²) < 4.78 is 11.7. The summed E-state index contributed by atoms with van der Waals surface area (Å²) in [7, 11) is 0. The largest absolute Gasteiger partial charge is 0.459 e. The number of esters is 2. The maximum absolute atomic E-state index is 14.5. The van der Waals surface area contributed by atoms with Gasteiger partial charge in [-0.2, -0.15) is 0 Å². The lowest BCUT2D eigenvalue weighted by Gasteiger charge is -2.57. The van der Waals surface area contributed by atoms with E-state index in [9.17, 15) is 29.4 Å². The van der Waals surface area contributed by atoms with Crippen LogP contribution in [-0.4, -0.2) is 63.3 Å². The van der Waals surface area contributed by atoms with Gasteiger partial charge >= 0.3 is 11.9 Å². The zero-order chi connectivity index (χ0) is 30.3. The molecule has 2 aliphatic carbocycles. The second-order valence-electron chi connectivity index (χ2n) is 12.3. The van der Waals surface area contributed by atoms with Gasteiger partial charge in [0.2, 0.25) is 5.91 Å². The molecule has 1 heterocycles. The summed E-state index contributed by atoms with van der Waals surface area (Å²) in [6.45, 7) is 8.93. The van der Waals surface area contributed by atoms with Crippen molar-refractivity contribution in [3.8, 4) is 0 Å². The standard InChI is InChI=1S/C32H41NO8/c1-18-11-10-14-23-28(41-21(4)35)31(6,39)19(2)26-24(17-22-12-8-7-9-13-22)33-29(37)32(23,26)25(40-20(3)34)15-16-30(5,38)27(18)36/h7-10,12-16,18-19,23-26,28,38-39H,11,17H2,1-6H3,(H,33,37)/t18-,19-,23-,24-,25+,26-,28-,30+,31+,32+/m0/s1. The molecule has 2 fully saturated rings. The Kier molecular flexibility index (Phi) is 8.35. The molecule has 1 amide bonds. The van der Waals surface area contributed by atoms with Crippen LogP contribution in [0.1, 0.15) is 53.5 Å². The molecule has 4 rings (SSSR count). The lowest BCUT2D eigenvalue weighted by atomic mass is 9.48. The summed E-state index contributed by atoms with van der Waals surface area (Å²) in [6.07, 6.45) is 4.36. The Labute approximate surface area is 241 Å². The highest BCUT2D eigenvalue weighted by Gasteiger charge is 2.73. The highest BCUT2D eigenvalue weighted by molar-refractivity contribution is 5.91. The minimum absolute atomic E-state index is 0.234.